The molecule has 0 aliphatic rings. The fourth-order valence-electron chi connectivity index (χ4n) is 6.69. The first kappa shape index (κ1) is 26.2. The Kier molecular flexibility index (Phi) is 6.14. The number of benzene rings is 7. The van der Waals surface area contributed by atoms with Crippen LogP contribution in [0.15, 0.2) is 174 Å². The average molecular weight is 589 g/mol. The van der Waals surface area contributed by atoms with Crippen molar-refractivity contribution < 1.29 is 4.42 Å². The van der Waals surface area contributed by atoms with E-state index in [-0.39, 0.29) is 0 Å². The maximum Gasteiger partial charge on any atom is 0.155 e. The van der Waals surface area contributed by atoms with Crippen molar-refractivity contribution in [2.75, 3.05) is 4.90 Å². The number of anilines is 3. The zero-order chi connectivity index (χ0) is 30.5. The van der Waals surface area contributed by atoms with Gasteiger partial charge >= 0.3 is 0 Å². The highest BCUT2D eigenvalue weighted by atomic mass is 16.3. The first-order chi connectivity index (χ1) is 22.8. The molecule has 9 aromatic rings. The number of pyridine rings is 1. The van der Waals surface area contributed by atoms with Crippen molar-refractivity contribution in [3.05, 3.63) is 170 Å². The first-order valence-corrected chi connectivity index (χ1v) is 15.5. The van der Waals surface area contributed by atoms with Crippen LogP contribution >= 0.6 is 0 Å². The maximum atomic E-state index is 6.26. The third-order valence-electron chi connectivity index (χ3n) is 8.91. The lowest BCUT2D eigenvalue weighted by atomic mass is 9.97. The Labute approximate surface area is 266 Å². The van der Waals surface area contributed by atoms with Crippen molar-refractivity contribution in [1.29, 1.82) is 0 Å². The summed E-state index contributed by atoms with van der Waals surface area (Å²) in [5.74, 6) is 0. The molecule has 0 aliphatic heterocycles. The number of rotatable bonds is 5. The molecule has 2 heterocycles. The van der Waals surface area contributed by atoms with E-state index in [9.17, 15) is 0 Å². The van der Waals surface area contributed by atoms with E-state index in [1.54, 1.807) is 0 Å². The molecule has 2 aromatic heterocycles. The SMILES string of the molecule is c1ccc2c(-c3ccc(N(c4ccc(-c5cccc6ccccc56)cc4)c4cnc5c(c4)oc4ccccc45)cc3)cccc2c1. The molecule has 0 unspecified atom stereocenters. The van der Waals surface area contributed by atoms with Gasteiger partial charge in [-0.05, 0) is 80.2 Å². The molecule has 0 aliphatic carbocycles. The predicted octanol–water partition coefficient (Wildman–Crippen LogP) is 12.1. The summed E-state index contributed by atoms with van der Waals surface area (Å²) < 4.78 is 6.26. The smallest absolute Gasteiger partial charge is 0.155 e. The van der Waals surface area contributed by atoms with Crippen LogP contribution in [0.25, 0.3) is 65.9 Å². The zero-order valence-corrected chi connectivity index (χ0v) is 25.0. The molecule has 0 spiro atoms. The highest BCUT2D eigenvalue weighted by molar-refractivity contribution is 6.03. The van der Waals surface area contributed by atoms with E-state index in [0.29, 0.717) is 0 Å². The standard InChI is InChI=1S/C43H28N2O/c1-3-13-36-29(9-1)11-7-16-38(36)31-19-23-33(24-20-31)45(35-27-42-43(44-28-35)40-15-5-6-18-41(40)46-42)34-25-21-32(22-26-34)39-17-8-12-30-10-2-4-14-37(30)39/h1-28H. The average Bonchev–Trinajstić information content (AvgIpc) is 3.50. The van der Waals surface area contributed by atoms with Crippen LogP contribution in [-0.2, 0) is 0 Å². The molecule has 0 bridgehead atoms. The molecule has 0 amide bonds. The number of hydrogen-bond acceptors (Lipinski definition) is 3. The maximum absolute atomic E-state index is 6.26. The summed E-state index contributed by atoms with van der Waals surface area (Å²) >= 11 is 0. The van der Waals surface area contributed by atoms with E-state index in [0.717, 1.165) is 39.1 Å². The minimum Gasteiger partial charge on any atom is -0.454 e. The molecule has 0 radical (unpaired) electrons. The topological polar surface area (TPSA) is 29.3 Å². The third kappa shape index (κ3) is 4.41. The lowest BCUT2D eigenvalue weighted by Crippen LogP contribution is -2.10. The molecule has 0 fully saturated rings. The Balaban J connectivity index is 1.17. The van der Waals surface area contributed by atoms with Crippen molar-refractivity contribution in [1.82, 2.24) is 4.98 Å². The second-order valence-corrected chi connectivity index (χ2v) is 11.6. The summed E-state index contributed by atoms with van der Waals surface area (Å²) in [5.41, 5.74) is 10.3. The van der Waals surface area contributed by atoms with Crippen LogP contribution in [0.2, 0.25) is 0 Å². The quantitative estimate of drug-likeness (QED) is 0.200. The Morgan fingerprint density at radius 2 is 0.913 bits per heavy atom. The summed E-state index contributed by atoms with van der Waals surface area (Å²) in [4.78, 5) is 7.15. The molecule has 216 valence electrons. The highest BCUT2D eigenvalue weighted by Crippen LogP contribution is 2.40. The number of nitrogens with zero attached hydrogens (tertiary/aromatic N) is 2. The van der Waals surface area contributed by atoms with Gasteiger partial charge in [0, 0.05) is 22.8 Å². The van der Waals surface area contributed by atoms with Crippen LogP contribution in [0.5, 0.6) is 0 Å². The second-order valence-electron chi connectivity index (χ2n) is 11.6. The molecule has 0 atom stereocenters. The second kappa shape index (κ2) is 10.8. The predicted molar refractivity (Wildman–Crippen MR) is 192 cm³/mol. The minimum absolute atomic E-state index is 0.767. The van der Waals surface area contributed by atoms with Gasteiger partial charge in [0.15, 0.2) is 5.58 Å². The molecule has 3 heteroatoms. The Morgan fingerprint density at radius 3 is 1.50 bits per heavy atom. The van der Waals surface area contributed by atoms with E-state index in [1.165, 1.54) is 43.8 Å². The third-order valence-corrected chi connectivity index (χ3v) is 8.91. The summed E-state index contributed by atoms with van der Waals surface area (Å²) in [7, 11) is 0. The number of aromatic nitrogens is 1. The fraction of sp³-hybridized carbons (Fsp3) is 0. The van der Waals surface area contributed by atoms with Crippen LogP contribution in [0.3, 0.4) is 0 Å². The highest BCUT2D eigenvalue weighted by Gasteiger charge is 2.17. The van der Waals surface area contributed by atoms with Crippen LogP contribution < -0.4 is 4.90 Å². The van der Waals surface area contributed by atoms with Crippen molar-refractivity contribution in [2.24, 2.45) is 0 Å². The van der Waals surface area contributed by atoms with Gasteiger partial charge in [0.05, 0.1) is 11.9 Å². The van der Waals surface area contributed by atoms with Crippen LogP contribution in [0.1, 0.15) is 0 Å². The number of fused-ring (bicyclic) bond motifs is 5. The van der Waals surface area contributed by atoms with E-state index in [1.807, 2.05) is 24.4 Å². The molecule has 9 rings (SSSR count). The van der Waals surface area contributed by atoms with Crippen molar-refractivity contribution in [2.45, 2.75) is 0 Å². The minimum atomic E-state index is 0.767. The molecular weight excluding hydrogens is 560 g/mol. The van der Waals surface area contributed by atoms with Crippen LogP contribution in [0.4, 0.5) is 17.1 Å². The summed E-state index contributed by atoms with van der Waals surface area (Å²) in [6, 6.07) is 57.8. The summed E-state index contributed by atoms with van der Waals surface area (Å²) in [6.45, 7) is 0. The van der Waals surface area contributed by atoms with Crippen molar-refractivity contribution in [3.8, 4) is 22.3 Å². The number of furan rings is 1. The Bertz CT molecular complexity index is 2390. The van der Waals surface area contributed by atoms with Gasteiger partial charge < -0.3 is 9.32 Å². The Morgan fingerprint density at radius 1 is 0.413 bits per heavy atom. The van der Waals surface area contributed by atoms with Gasteiger partial charge in [-0.25, -0.2) is 4.98 Å². The van der Waals surface area contributed by atoms with Crippen LogP contribution in [-0.4, -0.2) is 4.98 Å². The van der Waals surface area contributed by atoms with Gasteiger partial charge in [-0.2, -0.15) is 0 Å². The molecule has 0 N–H and O–H groups in total. The van der Waals surface area contributed by atoms with Crippen LogP contribution in [0, 0.1) is 0 Å². The van der Waals surface area contributed by atoms with E-state index < -0.39 is 0 Å². The van der Waals surface area contributed by atoms with E-state index >= 15 is 0 Å². The van der Waals surface area contributed by atoms with Gasteiger partial charge in [-0.15, -0.1) is 0 Å². The van der Waals surface area contributed by atoms with Crippen molar-refractivity contribution in [3.63, 3.8) is 0 Å². The lowest BCUT2D eigenvalue weighted by Gasteiger charge is -2.25. The van der Waals surface area contributed by atoms with E-state index in [4.69, 9.17) is 9.40 Å². The fourth-order valence-corrected chi connectivity index (χ4v) is 6.69. The normalized spacial score (nSPS) is 11.5. The molecule has 46 heavy (non-hydrogen) atoms. The first-order valence-electron chi connectivity index (χ1n) is 15.5. The number of hydrogen-bond donors (Lipinski definition) is 0. The van der Waals surface area contributed by atoms with Crippen molar-refractivity contribution >= 4 is 60.7 Å². The van der Waals surface area contributed by atoms with E-state index in [2.05, 4.69) is 150 Å². The molecular formula is C43H28N2O. The molecule has 0 saturated carbocycles. The summed E-state index contributed by atoms with van der Waals surface area (Å²) in [5, 5.41) is 6.00. The Hall–Kier alpha value is -6.19. The van der Waals surface area contributed by atoms with Gasteiger partial charge in [0.25, 0.3) is 0 Å². The number of para-hydroxylation sites is 1. The molecule has 7 aromatic carbocycles. The zero-order valence-electron chi connectivity index (χ0n) is 25.0. The molecule has 3 nitrogen and oxygen atoms in total. The van der Waals surface area contributed by atoms with Gasteiger partial charge in [0.2, 0.25) is 0 Å². The van der Waals surface area contributed by atoms with Gasteiger partial charge in [-0.3, -0.25) is 0 Å². The lowest BCUT2D eigenvalue weighted by molar-refractivity contribution is 0.668. The summed E-state index contributed by atoms with van der Waals surface area (Å²) in [6.07, 6.45) is 1.95. The molecule has 0 saturated heterocycles. The van der Waals surface area contributed by atoms with Gasteiger partial charge in [0.1, 0.15) is 11.1 Å². The van der Waals surface area contributed by atoms with Gasteiger partial charge in [-0.1, -0.05) is 121 Å². The monoisotopic (exact) mass is 588 g/mol. The largest absolute Gasteiger partial charge is 0.454 e.